The van der Waals surface area contributed by atoms with Gasteiger partial charge >= 0.3 is 0 Å². The predicted molar refractivity (Wildman–Crippen MR) is 88.9 cm³/mol. The highest BCUT2D eigenvalue weighted by Gasteiger charge is 2.35. The Kier molecular flexibility index (Phi) is 5.68. The SMILES string of the molecule is C=C/C(O)=C1/C(=O)c2ccccc2C(=O)/C1=C(\N)COCCOC. The molecule has 2 rings (SSSR count). The minimum atomic E-state index is -0.475. The summed E-state index contributed by atoms with van der Waals surface area (Å²) in [5.41, 5.74) is 6.33. The van der Waals surface area contributed by atoms with E-state index >= 15 is 0 Å². The van der Waals surface area contributed by atoms with Gasteiger partial charge in [0.25, 0.3) is 0 Å². The van der Waals surface area contributed by atoms with Crippen LogP contribution >= 0.6 is 0 Å². The number of aliphatic hydroxyl groups is 1. The molecular weight excluding hydrogens is 310 g/mol. The lowest BCUT2D eigenvalue weighted by Crippen LogP contribution is -2.28. The van der Waals surface area contributed by atoms with Crippen molar-refractivity contribution < 1.29 is 24.2 Å². The summed E-state index contributed by atoms with van der Waals surface area (Å²) < 4.78 is 10.2. The van der Waals surface area contributed by atoms with E-state index in [2.05, 4.69) is 6.58 Å². The maximum Gasteiger partial charge on any atom is 0.198 e. The Morgan fingerprint density at radius 1 is 1.17 bits per heavy atom. The van der Waals surface area contributed by atoms with E-state index in [1.165, 1.54) is 13.2 Å². The van der Waals surface area contributed by atoms with E-state index in [0.29, 0.717) is 6.61 Å². The molecule has 126 valence electrons. The Labute approximate surface area is 139 Å². The third-order valence-corrected chi connectivity index (χ3v) is 3.58. The molecule has 0 aromatic heterocycles. The summed E-state index contributed by atoms with van der Waals surface area (Å²) in [4.78, 5) is 25.5. The lowest BCUT2D eigenvalue weighted by Gasteiger charge is -2.21. The molecule has 0 radical (unpaired) electrons. The van der Waals surface area contributed by atoms with Crippen LogP contribution in [-0.4, -0.2) is 43.6 Å². The molecule has 0 amide bonds. The predicted octanol–water partition coefficient (Wildman–Crippen LogP) is 1.94. The number of hydrogen-bond acceptors (Lipinski definition) is 6. The fraction of sp³-hybridized carbons (Fsp3) is 0.222. The van der Waals surface area contributed by atoms with Gasteiger partial charge in [0.2, 0.25) is 0 Å². The van der Waals surface area contributed by atoms with Crippen LogP contribution in [0.25, 0.3) is 0 Å². The number of rotatable bonds is 6. The molecule has 0 fully saturated rings. The van der Waals surface area contributed by atoms with Gasteiger partial charge in [-0.3, -0.25) is 9.59 Å². The molecule has 1 aliphatic rings. The van der Waals surface area contributed by atoms with Crippen LogP contribution < -0.4 is 5.73 Å². The largest absolute Gasteiger partial charge is 0.507 e. The van der Waals surface area contributed by atoms with Crippen LogP contribution in [0.3, 0.4) is 0 Å². The van der Waals surface area contributed by atoms with Crippen molar-refractivity contribution >= 4 is 11.6 Å². The first-order chi connectivity index (χ1) is 11.5. The Morgan fingerprint density at radius 3 is 2.29 bits per heavy atom. The Balaban J connectivity index is 2.53. The molecule has 0 bridgehead atoms. The Morgan fingerprint density at radius 2 is 1.75 bits per heavy atom. The maximum atomic E-state index is 12.8. The van der Waals surface area contributed by atoms with E-state index in [4.69, 9.17) is 15.2 Å². The topological polar surface area (TPSA) is 98.9 Å². The van der Waals surface area contributed by atoms with E-state index in [9.17, 15) is 14.7 Å². The van der Waals surface area contributed by atoms with Crippen LogP contribution in [0.15, 0.2) is 59.5 Å². The van der Waals surface area contributed by atoms with Crippen LogP contribution in [0.1, 0.15) is 20.7 Å². The van der Waals surface area contributed by atoms with Crippen molar-refractivity contribution in [3.63, 3.8) is 0 Å². The number of carbonyl (C=O) groups is 2. The zero-order valence-corrected chi connectivity index (χ0v) is 13.4. The van der Waals surface area contributed by atoms with Crippen molar-refractivity contribution in [2.75, 3.05) is 26.9 Å². The second-order valence-corrected chi connectivity index (χ2v) is 5.11. The second-order valence-electron chi connectivity index (χ2n) is 5.11. The van der Waals surface area contributed by atoms with Crippen molar-refractivity contribution in [2.45, 2.75) is 0 Å². The second kappa shape index (κ2) is 7.72. The number of Topliss-reactive ketones (excluding diaryl/α,β-unsaturated/α-hetero) is 2. The number of methoxy groups -OCH3 is 1. The molecule has 3 N–H and O–H groups in total. The minimum absolute atomic E-state index is 0.0477. The first kappa shape index (κ1) is 17.7. The summed E-state index contributed by atoms with van der Waals surface area (Å²) in [6.07, 6.45) is 1.10. The average molecular weight is 329 g/mol. The molecule has 0 spiro atoms. The highest BCUT2D eigenvalue weighted by atomic mass is 16.5. The van der Waals surface area contributed by atoms with Crippen molar-refractivity contribution in [3.8, 4) is 0 Å². The Hall–Kier alpha value is -2.70. The molecule has 6 heteroatoms. The molecule has 1 aliphatic carbocycles. The number of allylic oxidation sites excluding steroid dienone is 3. The van der Waals surface area contributed by atoms with Gasteiger partial charge in [0.15, 0.2) is 11.6 Å². The summed E-state index contributed by atoms with van der Waals surface area (Å²) in [5, 5.41) is 10.1. The number of carbonyl (C=O) groups excluding carboxylic acids is 2. The molecule has 24 heavy (non-hydrogen) atoms. The van der Waals surface area contributed by atoms with Gasteiger partial charge in [0.05, 0.1) is 31.0 Å². The molecule has 0 unspecified atom stereocenters. The maximum absolute atomic E-state index is 12.8. The van der Waals surface area contributed by atoms with Crippen molar-refractivity contribution in [1.82, 2.24) is 0 Å². The standard InChI is InChI=1S/C18H19NO5/c1-3-14(20)16-15(13(19)10-24-9-8-23-2)17(21)11-6-4-5-7-12(11)18(16)22/h3-7,20H,1,8-10,19H2,2H3/b15-13-,16-14-. The summed E-state index contributed by atoms with van der Waals surface area (Å²) in [5.74, 6) is -1.29. The van der Waals surface area contributed by atoms with Gasteiger partial charge in [-0.1, -0.05) is 30.8 Å². The quantitative estimate of drug-likeness (QED) is 0.470. The van der Waals surface area contributed by atoms with Gasteiger partial charge in [0, 0.05) is 23.9 Å². The first-order valence-electron chi connectivity index (χ1n) is 7.32. The zero-order chi connectivity index (χ0) is 17.7. The lowest BCUT2D eigenvalue weighted by molar-refractivity contribution is 0.0809. The van der Waals surface area contributed by atoms with Gasteiger partial charge in [0.1, 0.15) is 5.76 Å². The van der Waals surface area contributed by atoms with Gasteiger partial charge < -0.3 is 20.3 Å². The van der Waals surface area contributed by atoms with Gasteiger partial charge in [-0.05, 0) is 6.08 Å². The van der Waals surface area contributed by atoms with E-state index in [1.54, 1.807) is 18.2 Å². The third kappa shape index (κ3) is 3.29. The minimum Gasteiger partial charge on any atom is -0.507 e. The summed E-state index contributed by atoms with van der Waals surface area (Å²) in [6.45, 7) is 4.05. The van der Waals surface area contributed by atoms with Crippen LogP contribution in [0, 0.1) is 0 Å². The number of fused-ring (bicyclic) bond motifs is 1. The number of benzene rings is 1. The molecule has 0 aliphatic heterocycles. The number of nitrogens with two attached hydrogens (primary N) is 1. The molecule has 0 saturated heterocycles. The molecule has 6 nitrogen and oxygen atoms in total. The smallest absolute Gasteiger partial charge is 0.198 e. The van der Waals surface area contributed by atoms with E-state index < -0.39 is 17.3 Å². The summed E-state index contributed by atoms with van der Waals surface area (Å²) in [6, 6.07) is 6.40. The van der Waals surface area contributed by atoms with E-state index in [1.807, 2.05) is 0 Å². The third-order valence-electron chi connectivity index (χ3n) is 3.58. The average Bonchev–Trinajstić information content (AvgIpc) is 2.60. The fourth-order valence-corrected chi connectivity index (χ4v) is 2.42. The number of ether oxygens (including phenoxy) is 2. The van der Waals surface area contributed by atoms with Gasteiger partial charge in [-0.15, -0.1) is 0 Å². The van der Waals surface area contributed by atoms with Crippen molar-refractivity contribution in [1.29, 1.82) is 0 Å². The first-order valence-corrected chi connectivity index (χ1v) is 7.32. The monoisotopic (exact) mass is 329 g/mol. The number of hydrogen-bond donors (Lipinski definition) is 2. The normalized spacial score (nSPS) is 18.2. The lowest BCUT2D eigenvalue weighted by atomic mass is 9.80. The molecule has 0 saturated carbocycles. The summed E-state index contributed by atoms with van der Waals surface area (Å²) in [7, 11) is 1.54. The van der Waals surface area contributed by atoms with Crippen molar-refractivity contribution in [2.24, 2.45) is 5.73 Å². The highest BCUT2D eigenvalue weighted by molar-refractivity contribution is 6.31. The van der Waals surface area contributed by atoms with E-state index in [-0.39, 0.29) is 41.2 Å². The van der Waals surface area contributed by atoms with Crippen LogP contribution in [0.5, 0.6) is 0 Å². The molecular formula is C18H19NO5. The molecule has 0 atom stereocenters. The molecule has 0 heterocycles. The van der Waals surface area contributed by atoms with E-state index in [0.717, 1.165) is 6.08 Å². The number of aliphatic hydroxyl groups excluding tert-OH is 1. The summed E-state index contributed by atoms with van der Waals surface area (Å²) >= 11 is 0. The van der Waals surface area contributed by atoms with Crippen molar-refractivity contribution in [3.05, 3.63) is 70.6 Å². The van der Waals surface area contributed by atoms with Crippen LogP contribution in [0.2, 0.25) is 0 Å². The molecule has 1 aromatic rings. The van der Waals surface area contributed by atoms with Crippen LogP contribution in [0.4, 0.5) is 0 Å². The molecule has 1 aromatic carbocycles. The number of ketones is 2. The zero-order valence-electron chi connectivity index (χ0n) is 13.4. The van der Waals surface area contributed by atoms with Crippen LogP contribution in [-0.2, 0) is 9.47 Å². The van der Waals surface area contributed by atoms with Gasteiger partial charge in [-0.25, -0.2) is 0 Å². The Bertz CT molecular complexity index is 746. The fourth-order valence-electron chi connectivity index (χ4n) is 2.42. The van der Waals surface area contributed by atoms with Gasteiger partial charge in [-0.2, -0.15) is 0 Å². The highest BCUT2D eigenvalue weighted by Crippen LogP contribution is 2.32.